The maximum atomic E-state index is 11.8. The number of hydrogen-bond donors (Lipinski definition) is 1. The van der Waals surface area contributed by atoms with Gasteiger partial charge in [0.1, 0.15) is 11.4 Å². The Bertz CT molecular complexity index is 606. The Hall–Kier alpha value is -2.18. The van der Waals surface area contributed by atoms with Gasteiger partial charge in [-0.15, -0.1) is 0 Å². The van der Waals surface area contributed by atoms with Crippen molar-refractivity contribution in [2.24, 2.45) is 0 Å². The number of fused-ring (bicyclic) bond motifs is 1. The molecule has 1 N–H and O–H groups in total. The van der Waals surface area contributed by atoms with E-state index in [4.69, 9.17) is 4.74 Å². The van der Waals surface area contributed by atoms with E-state index in [0.717, 1.165) is 5.82 Å². The van der Waals surface area contributed by atoms with Gasteiger partial charge in [0, 0.05) is 25.5 Å². The summed E-state index contributed by atoms with van der Waals surface area (Å²) < 4.78 is 5.32. The van der Waals surface area contributed by atoms with Crippen molar-refractivity contribution < 1.29 is 9.53 Å². The third-order valence-electron chi connectivity index (χ3n) is 3.07. The summed E-state index contributed by atoms with van der Waals surface area (Å²) in [5.41, 5.74) is 0.825. The van der Waals surface area contributed by atoms with Crippen LogP contribution in [0.4, 0.5) is 4.79 Å². The summed E-state index contributed by atoms with van der Waals surface area (Å²) in [6, 6.07) is 0. The fourth-order valence-electron chi connectivity index (χ4n) is 2.08. The van der Waals surface area contributed by atoms with Crippen LogP contribution in [0.15, 0.2) is 12.4 Å². The van der Waals surface area contributed by atoms with Crippen LogP contribution in [0, 0.1) is 0 Å². The monoisotopic (exact) mass is 275 g/mol. The summed E-state index contributed by atoms with van der Waals surface area (Å²) in [4.78, 5) is 29.3. The van der Waals surface area contributed by atoms with Crippen LogP contribution in [0.1, 0.15) is 32.5 Å². The molecule has 106 valence electrons. The normalized spacial score (nSPS) is 16.2. The fraction of sp³-hybridized carbons (Fsp3) is 0.538. The lowest BCUT2D eigenvalue weighted by Gasteiger charge is -2.38. The number of hydrogen-bond acceptors (Lipinski definition) is 5. The Kier molecular flexibility index (Phi) is 2.84. The molecule has 3 rings (SSSR count). The zero-order valence-corrected chi connectivity index (χ0v) is 11.8. The zero-order chi connectivity index (χ0) is 14.3. The molecular formula is C13H17N5O2. The van der Waals surface area contributed by atoms with Gasteiger partial charge >= 0.3 is 6.09 Å². The second-order valence-electron chi connectivity index (χ2n) is 5.93. The molecule has 0 radical (unpaired) electrons. The summed E-state index contributed by atoms with van der Waals surface area (Å²) in [6.45, 7) is 6.79. The largest absolute Gasteiger partial charge is 0.444 e. The molecule has 0 saturated carbocycles. The highest BCUT2D eigenvalue weighted by molar-refractivity contribution is 5.70. The average molecular weight is 275 g/mol. The highest BCUT2D eigenvalue weighted by Gasteiger charge is 2.36. The van der Waals surface area contributed by atoms with E-state index in [1.165, 1.54) is 0 Å². The number of likely N-dealkylation sites (tertiary alicyclic amines) is 1. The molecule has 1 aliphatic rings. The Morgan fingerprint density at radius 1 is 1.35 bits per heavy atom. The number of amides is 1. The minimum atomic E-state index is -0.463. The zero-order valence-electron chi connectivity index (χ0n) is 11.8. The third-order valence-corrected chi connectivity index (χ3v) is 3.07. The molecular weight excluding hydrogens is 258 g/mol. The van der Waals surface area contributed by atoms with Crippen molar-refractivity contribution in [3.05, 3.63) is 18.2 Å². The lowest BCUT2D eigenvalue weighted by Crippen LogP contribution is -2.50. The predicted molar refractivity (Wildman–Crippen MR) is 72.2 cm³/mol. The van der Waals surface area contributed by atoms with Crippen molar-refractivity contribution in [1.29, 1.82) is 0 Å². The van der Waals surface area contributed by atoms with E-state index in [0.29, 0.717) is 24.4 Å². The lowest BCUT2D eigenvalue weighted by atomic mass is 10.0. The van der Waals surface area contributed by atoms with Crippen molar-refractivity contribution in [1.82, 2.24) is 24.8 Å². The van der Waals surface area contributed by atoms with Gasteiger partial charge < -0.3 is 14.6 Å². The van der Waals surface area contributed by atoms with Crippen LogP contribution >= 0.6 is 0 Å². The molecule has 7 heteroatoms. The van der Waals surface area contributed by atoms with E-state index in [2.05, 4.69) is 19.9 Å². The number of imidazole rings is 1. The smallest absolute Gasteiger partial charge is 0.410 e. The van der Waals surface area contributed by atoms with Crippen LogP contribution < -0.4 is 0 Å². The Balaban J connectivity index is 1.64. The summed E-state index contributed by atoms with van der Waals surface area (Å²) in [6.07, 6.45) is 2.96. The standard InChI is InChI=1S/C13H17N5O2/c1-13(2,3)20-12(19)18-6-8(7-18)9-16-10-11(17-9)15-5-4-14-10/h4-5,8H,6-7H2,1-3H3,(H,14,15,16,17). The van der Waals surface area contributed by atoms with Gasteiger partial charge in [0.15, 0.2) is 11.3 Å². The third kappa shape index (κ3) is 2.43. The van der Waals surface area contributed by atoms with Crippen LogP contribution in [-0.4, -0.2) is 49.6 Å². The maximum absolute atomic E-state index is 11.8. The van der Waals surface area contributed by atoms with Crippen LogP contribution in [0.25, 0.3) is 11.3 Å². The van der Waals surface area contributed by atoms with Gasteiger partial charge in [0.2, 0.25) is 0 Å². The molecule has 0 atom stereocenters. The molecule has 0 aliphatic carbocycles. The SMILES string of the molecule is CC(C)(C)OC(=O)N1CC(c2nc3nccnc3[nH]2)C1. The summed E-state index contributed by atoms with van der Waals surface area (Å²) in [5.74, 6) is 1.02. The molecule has 0 aromatic carbocycles. The molecule has 20 heavy (non-hydrogen) atoms. The first kappa shape index (κ1) is 12.8. The van der Waals surface area contributed by atoms with Crippen molar-refractivity contribution in [3.8, 4) is 0 Å². The van der Waals surface area contributed by atoms with Gasteiger partial charge in [-0.2, -0.15) is 0 Å². The van der Waals surface area contributed by atoms with Crippen LogP contribution in [0.5, 0.6) is 0 Å². The van der Waals surface area contributed by atoms with Crippen LogP contribution in [0.2, 0.25) is 0 Å². The topological polar surface area (TPSA) is 84.0 Å². The van der Waals surface area contributed by atoms with Crippen molar-refractivity contribution in [2.75, 3.05) is 13.1 Å². The number of rotatable bonds is 1. The summed E-state index contributed by atoms with van der Waals surface area (Å²) in [5, 5.41) is 0. The van der Waals surface area contributed by atoms with Crippen LogP contribution in [0.3, 0.4) is 0 Å². The fourth-order valence-corrected chi connectivity index (χ4v) is 2.08. The minimum absolute atomic E-state index is 0.193. The second-order valence-corrected chi connectivity index (χ2v) is 5.93. The van der Waals surface area contributed by atoms with E-state index < -0.39 is 5.60 Å². The number of aromatic amines is 1. The molecule has 0 spiro atoms. The van der Waals surface area contributed by atoms with E-state index >= 15 is 0 Å². The molecule has 1 amide bonds. The number of carbonyl (C=O) groups excluding carboxylic acids is 1. The predicted octanol–water partition coefficient (Wildman–Crippen LogP) is 1.69. The number of carbonyl (C=O) groups is 1. The maximum Gasteiger partial charge on any atom is 0.410 e. The highest BCUT2D eigenvalue weighted by Crippen LogP contribution is 2.27. The first-order valence-corrected chi connectivity index (χ1v) is 6.57. The number of nitrogens with one attached hydrogen (secondary N) is 1. The Morgan fingerprint density at radius 2 is 2.05 bits per heavy atom. The van der Waals surface area contributed by atoms with Gasteiger partial charge in [-0.25, -0.2) is 19.7 Å². The number of H-pyrrole nitrogens is 1. The van der Waals surface area contributed by atoms with E-state index in [1.54, 1.807) is 17.3 Å². The van der Waals surface area contributed by atoms with Crippen LogP contribution in [-0.2, 0) is 4.74 Å². The number of nitrogens with zero attached hydrogens (tertiary/aromatic N) is 4. The molecule has 2 aromatic heterocycles. The molecule has 1 aliphatic heterocycles. The molecule has 2 aromatic rings. The molecule has 1 saturated heterocycles. The van der Waals surface area contributed by atoms with Gasteiger partial charge in [-0.05, 0) is 20.8 Å². The molecule has 0 bridgehead atoms. The summed E-state index contributed by atoms with van der Waals surface area (Å²) in [7, 11) is 0. The lowest BCUT2D eigenvalue weighted by molar-refractivity contribution is 0.00761. The van der Waals surface area contributed by atoms with Gasteiger partial charge in [-0.1, -0.05) is 0 Å². The van der Waals surface area contributed by atoms with Gasteiger partial charge in [0.25, 0.3) is 0 Å². The highest BCUT2D eigenvalue weighted by atomic mass is 16.6. The van der Waals surface area contributed by atoms with Gasteiger partial charge in [0.05, 0.1) is 5.92 Å². The van der Waals surface area contributed by atoms with E-state index in [1.807, 2.05) is 20.8 Å². The quantitative estimate of drug-likeness (QED) is 0.856. The second kappa shape index (κ2) is 4.43. The Labute approximate surface area is 116 Å². The number of aromatic nitrogens is 4. The molecule has 0 unspecified atom stereocenters. The van der Waals surface area contributed by atoms with E-state index in [-0.39, 0.29) is 12.0 Å². The van der Waals surface area contributed by atoms with Gasteiger partial charge in [-0.3, -0.25) is 0 Å². The summed E-state index contributed by atoms with van der Waals surface area (Å²) >= 11 is 0. The first-order valence-electron chi connectivity index (χ1n) is 6.57. The van der Waals surface area contributed by atoms with Crippen molar-refractivity contribution in [2.45, 2.75) is 32.3 Å². The van der Waals surface area contributed by atoms with Crippen molar-refractivity contribution in [3.63, 3.8) is 0 Å². The first-order chi connectivity index (χ1) is 9.42. The minimum Gasteiger partial charge on any atom is -0.444 e. The molecule has 1 fully saturated rings. The number of ether oxygens (including phenoxy) is 1. The average Bonchev–Trinajstić information content (AvgIpc) is 2.67. The Morgan fingerprint density at radius 3 is 2.70 bits per heavy atom. The molecule has 7 nitrogen and oxygen atoms in total. The van der Waals surface area contributed by atoms with E-state index in [9.17, 15) is 4.79 Å². The molecule has 3 heterocycles. The van der Waals surface area contributed by atoms with Crippen molar-refractivity contribution >= 4 is 17.4 Å².